The van der Waals surface area contributed by atoms with Crippen molar-refractivity contribution in [2.75, 3.05) is 0 Å². The maximum Gasteiger partial charge on any atom is 0.235 e. The van der Waals surface area contributed by atoms with Gasteiger partial charge in [-0.1, -0.05) is 59.9 Å². The fourth-order valence-corrected chi connectivity index (χ4v) is 4.37. The number of allylic oxidation sites excluding steroid dienone is 2. The number of aldehydes is 1. The summed E-state index contributed by atoms with van der Waals surface area (Å²) in [6.45, 7) is 7.43. The molecule has 25 heavy (non-hydrogen) atoms. The van der Waals surface area contributed by atoms with Gasteiger partial charge in [0.05, 0.1) is 0 Å². The zero-order valence-corrected chi connectivity index (χ0v) is 15.4. The highest BCUT2D eigenvalue weighted by Gasteiger charge is 2.33. The number of hydrogen-bond donors (Lipinski definition) is 0. The molecule has 0 saturated heterocycles. The molecule has 2 aromatic carbocycles. The second kappa shape index (κ2) is 9.44. The summed E-state index contributed by atoms with van der Waals surface area (Å²) in [4.78, 5) is 24.9. The first-order chi connectivity index (χ1) is 12.1. The molecule has 0 fully saturated rings. The third-order valence-electron chi connectivity index (χ3n) is 3.44. The summed E-state index contributed by atoms with van der Waals surface area (Å²) in [7, 11) is 0. The van der Waals surface area contributed by atoms with Crippen molar-refractivity contribution in [1.82, 2.24) is 0 Å². The Morgan fingerprint density at radius 3 is 1.52 bits per heavy atom. The molecule has 2 nitrogen and oxygen atoms in total. The van der Waals surface area contributed by atoms with Gasteiger partial charge in [0.2, 0.25) is 6.29 Å². The van der Waals surface area contributed by atoms with Crippen LogP contribution in [0.5, 0.6) is 0 Å². The van der Waals surface area contributed by atoms with Crippen LogP contribution in [0, 0.1) is 0 Å². The predicted octanol–water partition coefficient (Wildman–Crippen LogP) is 5.03. The van der Waals surface area contributed by atoms with E-state index >= 15 is 0 Å². The van der Waals surface area contributed by atoms with Crippen LogP contribution in [0.1, 0.15) is 11.1 Å². The molecule has 0 spiro atoms. The molecular weight excluding hydrogens is 348 g/mol. The molecule has 0 heterocycles. The summed E-state index contributed by atoms with van der Waals surface area (Å²) in [5.41, 5.74) is 2.27. The fourth-order valence-electron chi connectivity index (χ4n) is 2.21. The Kier molecular flexibility index (Phi) is 7.29. The maximum atomic E-state index is 11.7. The van der Waals surface area contributed by atoms with Gasteiger partial charge < -0.3 is 4.79 Å². The van der Waals surface area contributed by atoms with Gasteiger partial charge in [-0.15, -0.1) is 13.2 Å². The minimum absolute atomic E-state index is 0.657. The monoisotopic (exact) mass is 367 g/mol. The number of benzene rings is 2. The van der Waals surface area contributed by atoms with E-state index in [2.05, 4.69) is 13.2 Å². The van der Waals surface area contributed by atoms with Crippen LogP contribution in [0.4, 0.5) is 0 Å². The van der Waals surface area contributed by atoms with E-state index in [0.717, 1.165) is 33.8 Å². The van der Waals surface area contributed by atoms with Crippen molar-refractivity contribution in [3.8, 4) is 0 Å². The average molecular weight is 368 g/mol. The highest BCUT2D eigenvalue weighted by atomic mass is 32.2. The van der Waals surface area contributed by atoms with Crippen molar-refractivity contribution >= 4 is 36.1 Å². The lowest BCUT2D eigenvalue weighted by Crippen LogP contribution is -2.23. The first-order valence-corrected chi connectivity index (χ1v) is 9.41. The van der Waals surface area contributed by atoms with Gasteiger partial charge >= 0.3 is 0 Å². The Labute approximate surface area is 157 Å². The van der Waals surface area contributed by atoms with Gasteiger partial charge in [-0.3, -0.25) is 4.79 Å². The zero-order chi connectivity index (χ0) is 18.1. The number of hydrogen-bond acceptors (Lipinski definition) is 4. The number of carbonyl (C=O) groups excluding carboxylic acids is 2. The maximum absolute atomic E-state index is 11.7. The lowest BCUT2D eigenvalue weighted by molar-refractivity contribution is -0.107. The Hall–Kier alpha value is -2.04. The van der Waals surface area contributed by atoms with Crippen molar-refractivity contribution in [2.45, 2.75) is 26.7 Å². The van der Waals surface area contributed by atoms with Crippen LogP contribution in [0.25, 0.3) is 0 Å². The van der Waals surface area contributed by atoms with E-state index in [1.807, 2.05) is 67.0 Å². The van der Waals surface area contributed by atoms with Crippen LogP contribution in [0.3, 0.4) is 0 Å². The molecule has 0 bridgehead atoms. The molecule has 1 radical (unpaired) electrons. The van der Waals surface area contributed by atoms with Gasteiger partial charge in [0.25, 0.3) is 0 Å². The summed E-state index contributed by atoms with van der Waals surface area (Å²) in [6, 6.07) is 15.5. The minimum Gasteiger partial charge on any atom is -0.300 e. The van der Waals surface area contributed by atoms with Crippen molar-refractivity contribution in [1.29, 1.82) is 0 Å². The number of thioether (sulfide) groups is 2. The normalized spacial score (nSPS) is 10.9. The smallest absolute Gasteiger partial charge is 0.235 e. The van der Waals surface area contributed by atoms with E-state index in [0.29, 0.717) is 6.29 Å². The van der Waals surface area contributed by atoms with Crippen molar-refractivity contribution in [3.05, 3.63) is 85.0 Å². The van der Waals surface area contributed by atoms with Gasteiger partial charge in [0.15, 0.2) is 10.4 Å². The van der Waals surface area contributed by atoms with Crippen LogP contribution < -0.4 is 0 Å². The molecule has 0 saturated carbocycles. The Morgan fingerprint density at radius 1 is 0.840 bits per heavy atom. The van der Waals surface area contributed by atoms with E-state index < -0.39 is 4.08 Å². The molecule has 0 atom stereocenters. The van der Waals surface area contributed by atoms with Crippen LogP contribution in [-0.2, 0) is 22.4 Å². The third-order valence-corrected chi connectivity index (χ3v) is 5.92. The molecular formula is C21H19O2S2. The average Bonchev–Trinajstić information content (AvgIpc) is 2.65. The standard InChI is InChI=1S/C21H19O2S2/c1-3-5-17-7-11-19(12-8-17)24-21(15-22,16-23)25-20-13-9-18(6-4-2)10-14-20/h3-4,7-15H,1-2,5-6H2. The molecule has 0 amide bonds. The van der Waals surface area contributed by atoms with E-state index in [1.165, 1.54) is 23.5 Å². The first kappa shape index (κ1) is 19.3. The fraction of sp³-hybridized carbons (Fsp3) is 0.143. The van der Waals surface area contributed by atoms with Crippen LogP contribution in [-0.4, -0.2) is 16.7 Å². The highest BCUT2D eigenvalue weighted by molar-refractivity contribution is 8.20. The molecule has 0 aliphatic rings. The second-order valence-electron chi connectivity index (χ2n) is 5.37. The van der Waals surface area contributed by atoms with E-state index in [4.69, 9.17) is 0 Å². The van der Waals surface area contributed by atoms with Crippen molar-refractivity contribution in [3.63, 3.8) is 0 Å². The van der Waals surface area contributed by atoms with Crippen LogP contribution in [0.2, 0.25) is 0 Å². The Morgan fingerprint density at radius 2 is 1.24 bits per heavy atom. The van der Waals surface area contributed by atoms with Crippen LogP contribution >= 0.6 is 23.5 Å². The molecule has 0 aliphatic heterocycles. The quantitative estimate of drug-likeness (QED) is 0.194. The molecule has 0 N–H and O–H groups in total. The summed E-state index contributed by atoms with van der Waals surface area (Å²) < 4.78 is -1.32. The minimum atomic E-state index is -1.32. The molecule has 127 valence electrons. The van der Waals surface area contributed by atoms with Gasteiger partial charge in [0, 0.05) is 9.79 Å². The van der Waals surface area contributed by atoms with Crippen LogP contribution in [0.15, 0.2) is 83.6 Å². The first-order valence-electron chi connectivity index (χ1n) is 7.78. The number of rotatable bonds is 10. The highest BCUT2D eigenvalue weighted by Crippen LogP contribution is 2.43. The summed E-state index contributed by atoms with van der Waals surface area (Å²) in [5, 5.41) is 0. The summed E-state index contributed by atoms with van der Waals surface area (Å²) in [5.74, 6) is 0. The second-order valence-corrected chi connectivity index (χ2v) is 8.26. The summed E-state index contributed by atoms with van der Waals surface area (Å²) in [6.07, 6.45) is 7.82. The van der Waals surface area contributed by atoms with Crippen molar-refractivity contribution in [2.24, 2.45) is 0 Å². The molecule has 0 aliphatic carbocycles. The topological polar surface area (TPSA) is 34.1 Å². The van der Waals surface area contributed by atoms with Crippen molar-refractivity contribution < 1.29 is 9.59 Å². The Balaban J connectivity index is 2.16. The van der Waals surface area contributed by atoms with Gasteiger partial charge in [-0.05, 0) is 48.2 Å². The third kappa shape index (κ3) is 5.48. The largest absolute Gasteiger partial charge is 0.300 e. The summed E-state index contributed by atoms with van der Waals surface area (Å²) >= 11 is 2.40. The predicted molar refractivity (Wildman–Crippen MR) is 107 cm³/mol. The van der Waals surface area contributed by atoms with Gasteiger partial charge in [-0.25, -0.2) is 0 Å². The SMILES string of the molecule is C=CCc1ccc(SC([C]=O)(C=O)Sc2ccc(CC=C)cc2)cc1. The lowest BCUT2D eigenvalue weighted by atomic mass is 10.2. The van der Waals surface area contributed by atoms with Gasteiger partial charge in [0.1, 0.15) is 0 Å². The lowest BCUT2D eigenvalue weighted by Gasteiger charge is -2.19. The van der Waals surface area contributed by atoms with E-state index in [1.54, 1.807) is 0 Å². The number of carbonyl (C=O) groups is 1. The molecule has 0 aromatic heterocycles. The zero-order valence-electron chi connectivity index (χ0n) is 13.8. The molecule has 2 rings (SSSR count). The van der Waals surface area contributed by atoms with E-state index in [-0.39, 0.29) is 0 Å². The Bertz CT molecular complexity index is 668. The van der Waals surface area contributed by atoms with E-state index in [9.17, 15) is 9.59 Å². The molecule has 2 aromatic rings. The molecule has 0 unspecified atom stereocenters. The van der Waals surface area contributed by atoms with Gasteiger partial charge in [-0.2, -0.15) is 0 Å². The molecule has 4 heteroatoms.